The Bertz CT molecular complexity index is 277. The van der Waals surface area contributed by atoms with Gasteiger partial charge < -0.3 is 15.8 Å². The third-order valence-electron chi connectivity index (χ3n) is 0.975. The maximum absolute atomic E-state index is 10.9. The van der Waals surface area contributed by atoms with E-state index in [2.05, 4.69) is 4.74 Å². The first-order chi connectivity index (χ1) is 6.11. The Morgan fingerprint density at radius 2 is 2.31 bits per heavy atom. The highest BCUT2D eigenvalue weighted by atomic mass is 16.5. The van der Waals surface area contributed by atoms with Gasteiger partial charge in [-0.3, -0.25) is 0 Å². The molecule has 0 aromatic heterocycles. The highest BCUT2D eigenvalue weighted by molar-refractivity contribution is 5.93. The van der Waals surface area contributed by atoms with Crippen molar-refractivity contribution < 1.29 is 14.3 Å². The van der Waals surface area contributed by atoms with E-state index in [4.69, 9.17) is 11.0 Å². The van der Waals surface area contributed by atoms with Gasteiger partial charge in [-0.05, 0) is 6.92 Å². The molecule has 0 spiro atoms. The second-order valence-corrected chi connectivity index (χ2v) is 1.90. The third-order valence-corrected chi connectivity index (χ3v) is 0.975. The van der Waals surface area contributed by atoms with Gasteiger partial charge in [0.1, 0.15) is 6.07 Å². The standard InChI is InChI=1S/C7H9N3O3/c1-2-13-6(11)5(3-8)4-10-7(9)12/h4H,2H2,1H3,(H3,9,10,12)/b5-4+. The first kappa shape index (κ1) is 11.0. The number of nitrogens with one attached hydrogen (secondary N) is 1. The lowest BCUT2D eigenvalue weighted by Crippen LogP contribution is -2.25. The molecule has 0 aromatic carbocycles. The highest BCUT2D eigenvalue weighted by Crippen LogP contribution is 1.94. The van der Waals surface area contributed by atoms with Crippen LogP contribution in [-0.2, 0) is 9.53 Å². The Morgan fingerprint density at radius 1 is 1.69 bits per heavy atom. The Labute approximate surface area is 75.0 Å². The van der Waals surface area contributed by atoms with Crippen molar-refractivity contribution in [3.05, 3.63) is 11.8 Å². The molecule has 0 bridgehead atoms. The number of esters is 1. The molecule has 0 atom stereocenters. The summed E-state index contributed by atoms with van der Waals surface area (Å²) >= 11 is 0. The minimum Gasteiger partial charge on any atom is -0.462 e. The Kier molecular flexibility index (Phi) is 4.72. The normalized spacial score (nSPS) is 10.0. The Hall–Kier alpha value is -2.03. The summed E-state index contributed by atoms with van der Waals surface area (Å²) in [4.78, 5) is 21.1. The summed E-state index contributed by atoms with van der Waals surface area (Å²) in [5, 5.41) is 10.4. The van der Waals surface area contributed by atoms with E-state index in [1.807, 2.05) is 5.32 Å². The van der Waals surface area contributed by atoms with Gasteiger partial charge in [-0.2, -0.15) is 5.26 Å². The second-order valence-electron chi connectivity index (χ2n) is 1.90. The molecule has 0 rings (SSSR count). The molecule has 0 fully saturated rings. The van der Waals surface area contributed by atoms with Crippen LogP contribution in [0.5, 0.6) is 0 Å². The molecule has 70 valence electrons. The number of hydrogen-bond donors (Lipinski definition) is 2. The molecular formula is C7H9N3O3. The van der Waals surface area contributed by atoms with Crippen molar-refractivity contribution >= 4 is 12.0 Å². The van der Waals surface area contributed by atoms with Gasteiger partial charge in [0.2, 0.25) is 0 Å². The number of urea groups is 1. The topological polar surface area (TPSA) is 105 Å². The molecule has 6 nitrogen and oxygen atoms in total. The van der Waals surface area contributed by atoms with Crippen LogP contribution in [0.25, 0.3) is 0 Å². The van der Waals surface area contributed by atoms with Crippen molar-refractivity contribution in [1.82, 2.24) is 5.32 Å². The lowest BCUT2D eigenvalue weighted by Gasteiger charge is -1.98. The fourth-order valence-electron chi connectivity index (χ4n) is 0.489. The highest BCUT2D eigenvalue weighted by Gasteiger charge is 2.08. The average Bonchev–Trinajstić information content (AvgIpc) is 2.05. The van der Waals surface area contributed by atoms with E-state index in [1.165, 1.54) is 0 Å². The molecule has 0 aromatic rings. The van der Waals surface area contributed by atoms with E-state index < -0.39 is 12.0 Å². The van der Waals surface area contributed by atoms with Crippen LogP contribution in [0.2, 0.25) is 0 Å². The number of carbonyl (C=O) groups is 2. The zero-order chi connectivity index (χ0) is 10.3. The van der Waals surface area contributed by atoms with Crippen LogP contribution in [0.4, 0.5) is 4.79 Å². The van der Waals surface area contributed by atoms with Crippen molar-refractivity contribution in [2.24, 2.45) is 5.73 Å². The first-order valence-corrected chi connectivity index (χ1v) is 3.45. The van der Waals surface area contributed by atoms with Crippen molar-refractivity contribution in [3.63, 3.8) is 0 Å². The predicted octanol–water partition coefficient (Wildman–Crippen LogP) is -0.375. The zero-order valence-corrected chi connectivity index (χ0v) is 7.03. The quantitative estimate of drug-likeness (QED) is 0.353. The maximum Gasteiger partial charge on any atom is 0.350 e. The molecule has 0 unspecified atom stereocenters. The van der Waals surface area contributed by atoms with Crippen LogP contribution in [0.3, 0.4) is 0 Å². The summed E-state index contributed by atoms with van der Waals surface area (Å²) in [5.41, 5.74) is 4.41. The van der Waals surface area contributed by atoms with Crippen molar-refractivity contribution in [2.75, 3.05) is 6.61 Å². The van der Waals surface area contributed by atoms with Gasteiger partial charge in [-0.25, -0.2) is 9.59 Å². The number of nitrogens with zero attached hydrogens (tertiary/aromatic N) is 1. The molecule has 6 heteroatoms. The van der Waals surface area contributed by atoms with Crippen LogP contribution in [-0.4, -0.2) is 18.6 Å². The third kappa shape index (κ3) is 4.42. The summed E-state index contributed by atoms with van der Waals surface area (Å²) in [6, 6.07) is 0.708. The first-order valence-electron chi connectivity index (χ1n) is 3.45. The molecule has 3 N–H and O–H groups in total. The summed E-state index contributed by atoms with van der Waals surface area (Å²) in [7, 11) is 0. The number of nitriles is 1. The van der Waals surface area contributed by atoms with Gasteiger partial charge in [-0.15, -0.1) is 0 Å². The minimum absolute atomic E-state index is 0.161. The molecular weight excluding hydrogens is 174 g/mol. The van der Waals surface area contributed by atoms with E-state index in [-0.39, 0.29) is 12.2 Å². The van der Waals surface area contributed by atoms with E-state index in [1.54, 1.807) is 13.0 Å². The summed E-state index contributed by atoms with van der Waals surface area (Å²) in [5.74, 6) is -0.793. The van der Waals surface area contributed by atoms with E-state index in [9.17, 15) is 9.59 Å². The number of carbonyl (C=O) groups excluding carboxylic acids is 2. The predicted molar refractivity (Wildman–Crippen MR) is 43.0 cm³/mol. The van der Waals surface area contributed by atoms with Crippen molar-refractivity contribution in [1.29, 1.82) is 5.26 Å². The number of rotatable bonds is 3. The van der Waals surface area contributed by atoms with Crippen LogP contribution in [0.15, 0.2) is 11.8 Å². The van der Waals surface area contributed by atoms with Crippen molar-refractivity contribution in [2.45, 2.75) is 6.92 Å². The van der Waals surface area contributed by atoms with E-state index in [0.29, 0.717) is 0 Å². The number of nitrogens with two attached hydrogens (primary N) is 1. The molecule has 13 heavy (non-hydrogen) atoms. The molecule has 0 saturated heterocycles. The summed E-state index contributed by atoms with van der Waals surface area (Å²) in [6.45, 7) is 1.77. The molecule has 0 aliphatic carbocycles. The number of ether oxygens (including phenoxy) is 1. The Balaban J connectivity index is 4.34. The SMILES string of the molecule is CCOC(=O)/C(C#N)=C/NC(N)=O. The Morgan fingerprint density at radius 3 is 2.69 bits per heavy atom. The molecule has 0 saturated carbocycles. The monoisotopic (exact) mass is 183 g/mol. The fraction of sp³-hybridized carbons (Fsp3) is 0.286. The maximum atomic E-state index is 10.9. The zero-order valence-electron chi connectivity index (χ0n) is 7.03. The smallest absolute Gasteiger partial charge is 0.350 e. The molecule has 0 aliphatic rings. The van der Waals surface area contributed by atoms with Crippen LogP contribution in [0.1, 0.15) is 6.92 Å². The van der Waals surface area contributed by atoms with Crippen molar-refractivity contribution in [3.8, 4) is 6.07 Å². The molecule has 2 amide bonds. The van der Waals surface area contributed by atoms with E-state index >= 15 is 0 Å². The lowest BCUT2D eigenvalue weighted by atomic mass is 10.3. The largest absolute Gasteiger partial charge is 0.462 e. The number of primary amides is 1. The molecule has 0 radical (unpaired) electrons. The van der Waals surface area contributed by atoms with Gasteiger partial charge in [0.25, 0.3) is 0 Å². The van der Waals surface area contributed by atoms with Gasteiger partial charge in [0.05, 0.1) is 6.61 Å². The minimum atomic E-state index is -0.850. The average molecular weight is 183 g/mol. The number of amides is 2. The second kappa shape index (κ2) is 5.60. The van der Waals surface area contributed by atoms with E-state index in [0.717, 1.165) is 6.20 Å². The van der Waals surface area contributed by atoms with Crippen LogP contribution < -0.4 is 11.1 Å². The van der Waals surface area contributed by atoms with Crippen LogP contribution >= 0.6 is 0 Å². The molecule has 0 heterocycles. The number of hydrogen-bond acceptors (Lipinski definition) is 4. The molecule has 0 aliphatic heterocycles. The van der Waals surface area contributed by atoms with Gasteiger partial charge in [0.15, 0.2) is 5.57 Å². The van der Waals surface area contributed by atoms with Gasteiger partial charge in [0, 0.05) is 6.20 Å². The summed E-state index contributed by atoms with van der Waals surface area (Å²) < 4.78 is 4.51. The van der Waals surface area contributed by atoms with Crippen LogP contribution in [0, 0.1) is 11.3 Å². The van der Waals surface area contributed by atoms with Gasteiger partial charge in [-0.1, -0.05) is 0 Å². The fourth-order valence-corrected chi connectivity index (χ4v) is 0.489. The lowest BCUT2D eigenvalue weighted by molar-refractivity contribution is -0.138. The van der Waals surface area contributed by atoms with Gasteiger partial charge >= 0.3 is 12.0 Å². The summed E-state index contributed by atoms with van der Waals surface area (Å²) in [6.07, 6.45) is 0.903.